The lowest BCUT2D eigenvalue weighted by molar-refractivity contribution is -0.133. The van der Waals surface area contributed by atoms with Gasteiger partial charge in [0, 0.05) is 25.3 Å². The van der Waals surface area contributed by atoms with Crippen LogP contribution in [0.25, 0.3) is 0 Å². The van der Waals surface area contributed by atoms with Gasteiger partial charge in [-0.3, -0.25) is 15.1 Å². The number of ether oxygens (including phenoxy) is 2. The fourth-order valence-corrected chi connectivity index (χ4v) is 4.74. The lowest BCUT2D eigenvalue weighted by atomic mass is 9.85. The first-order valence-corrected chi connectivity index (χ1v) is 11.1. The third-order valence-electron chi connectivity index (χ3n) is 5.99. The fourth-order valence-electron chi connectivity index (χ4n) is 4.36. The Morgan fingerprint density at radius 3 is 2.68 bits per heavy atom. The summed E-state index contributed by atoms with van der Waals surface area (Å²) >= 11 is 6.67. The topological polar surface area (TPSA) is 86.7 Å². The molecule has 0 spiro atoms. The molecule has 2 saturated heterocycles. The number of nitrogens with zero attached hydrogens (tertiary/aromatic N) is 1. The van der Waals surface area contributed by atoms with Crippen LogP contribution in [0.1, 0.15) is 31.7 Å². The molecular weight excluding hydrogens is 473 g/mol. The second kappa shape index (κ2) is 9.71. The zero-order valence-electron chi connectivity index (χ0n) is 18.3. The lowest BCUT2D eigenvalue weighted by Crippen LogP contribution is -2.62. The summed E-state index contributed by atoms with van der Waals surface area (Å²) in [7, 11) is 0. The van der Waals surface area contributed by atoms with Crippen LogP contribution in [-0.2, 0) is 15.1 Å². The molecule has 2 aromatic carbocycles. The molecule has 2 fully saturated rings. The Hall–Kier alpha value is -2.98. The standard InChI is InChI=1S/C23H24ClF3N4O3/c1-23(12-19(32)31(22(28)30-23)14-7-9-33-10-8-14)15-3-2-4-17(20(15)24)29-16-6-5-13(25)11-18(16)34-21(26)27/h2-6,11,14,21,29H,7-10,12H2,1H3,(H2,28,30)/t23-/m0/s1. The maximum absolute atomic E-state index is 13.6. The summed E-state index contributed by atoms with van der Waals surface area (Å²) in [5.41, 5.74) is 0.00788. The molecule has 11 heteroatoms. The average molecular weight is 497 g/mol. The van der Waals surface area contributed by atoms with E-state index in [1.165, 1.54) is 11.0 Å². The van der Waals surface area contributed by atoms with Crippen molar-refractivity contribution in [3.8, 4) is 5.75 Å². The summed E-state index contributed by atoms with van der Waals surface area (Å²) in [6.07, 6.45) is 1.38. The normalized spacial score (nSPS) is 21.5. The van der Waals surface area contributed by atoms with Crippen molar-refractivity contribution in [3.05, 3.63) is 52.8 Å². The van der Waals surface area contributed by atoms with E-state index in [4.69, 9.17) is 21.7 Å². The minimum atomic E-state index is -3.13. The Labute approximate surface area is 199 Å². The van der Waals surface area contributed by atoms with Crippen LogP contribution >= 0.6 is 11.6 Å². The number of alkyl halides is 2. The maximum Gasteiger partial charge on any atom is 0.387 e. The van der Waals surface area contributed by atoms with Crippen molar-refractivity contribution in [2.45, 2.75) is 44.4 Å². The Balaban J connectivity index is 1.60. The highest BCUT2D eigenvalue weighted by Gasteiger charge is 2.43. The lowest BCUT2D eigenvalue weighted by Gasteiger charge is -2.45. The van der Waals surface area contributed by atoms with Gasteiger partial charge in [-0.1, -0.05) is 23.7 Å². The molecule has 0 bridgehead atoms. The SMILES string of the molecule is C[C@@]1(c2cccc(Nc3ccc(F)cc3OC(F)F)c2Cl)CC(=O)N(C2CCOCC2)C(=N)N1. The Morgan fingerprint density at radius 1 is 1.26 bits per heavy atom. The van der Waals surface area contributed by atoms with Crippen LogP contribution in [0.4, 0.5) is 24.5 Å². The van der Waals surface area contributed by atoms with Crippen molar-refractivity contribution >= 4 is 34.8 Å². The van der Waals surface area contributed by atoms with Crippen molar-refractivity contribution in [2.24, 2.45) is 0 Å². The summed E-state index contributed by atoms with van der Waals surface area (Å²) < 4.78 is 48.9. The van der Waals surface area contributed by atoms with Gasteiger partial charge < -0.3 is 20.1 Å². The van der Waals surface area contributed by atoms with E-state index in [0.717, 1.165) is 12.1 Å². The van der Waals surface area contributed by atoms with Crippen molar-refractivity contribution in [1.29, 1.82) is 5.41 Å². The van der Waals surface area contributed by atoms with E-state index >= 15 is 0 Å². The van der Waals surface area contributed by atoms with Gasteiger partial charge in [-0.25, -0.2) is 4.39 Å². The fraction of sp³-hybridized carbons (Fsp3) is 0.391. The number of anilines is 2. The number of carbonyl (C=O) groups is 1. The molecule has 182 valence electrons. The van der Waals surface area contributed by atoms with E-state index in [-0.39, 0.29) is 40.8 Å². The summed E-state index contributed by atoms with van der Waals surface area (Å²) in [4.78, 5) is 14.6. The molecule has 2 aliphatic heterocycles. The van der Waals surface area contributed by atoms with Crippen LogP contribution in [0, 0.1) is 11.2 Å². The van der Waals surface area contributed by atoms with Crippen LogP contribution < -0.4 is 15.4 Å². The molecule has 34 heavy (non-hydrogen) atoms. The van der Waals surface area contributed by atoms with E-state index in [0.29, 0.717) is 37.3 Å². The molecule has 4 rings (SSSR count). The zero-order valence-corrected chi connectivity index (χ0v) is 19.1. The monoisotopic (exact) mass is 496 g/mol. The Kier molecular flexibility index (Phi) is 6.90. The number of benzene rings is 2. The average Bonchev–Trinajstić information content (AvgIpc) is 2.76. The van der Waals surface area contributed by atoms with Gasteiger partial charge in [-0.05, 0) is 43.5 Å². The largest absolute Gasteiger partial charge is 0.432 e. The number of amides is 1. The molecule has 2 heterocycles. The van der Waals surface area contributed by atoms with Gasteiger partial charge in [-0.2, -0.15) is 8.78 Å². The molecule has 0 unspecified atom stereocenters. The van der Waals surface area contributed by atoms with E-state index in [9.17, 15) is 18.0 Å². The molecule has 0 aliphatic carbocycles. The van der Waals surface area contributed by atoms with E-state index in [2.05, 4.69) is 15.4 Å². The number of carbonyl (C=O) groups excluding carboxylic acids is 1. The summed E-state index contributed by atoms with van der Waals surface area (Å²) in [5, 5.41) is 14.8. The Morgan fingerprint density at radius 2 is 2.00 bits per heavy atom. The van der Waals surface area contributed by atoms with Crippen LogP contribution in [0.5, 0.6) is 5.75 Å². The number of guanidine groups is 1. The molecule has 2 aromatic rings. The highest BCUT2D eigenvalue weighted by molar-refractivity contribution is 6.34. The molecule has 1 atom stereocenters. The first-order valence-electron chi connectivity index (χ1n) is 10.7. The summed E-state index contributed by atoms with van der Waals surface area (Å²) in [6.45, 7) is -0.280. The van der Waals surface area contributed by atoms with E-state index in [1.54, 1.807) is 25.1 Å². The quantitative estimate of drug-likeness (QED) is 0.525. The van der Waals surface area contributed by atoms with Crippen molar-refractivity contribution < 1.29 is 27.4 Å². The van der Waals surface area contributed by atoms with Gasteiger partial charge in [0.1, 0.15) is 5.82 Å². The first-order chi connectivity index (χ1) is 16.2. The molecule has 3 N–H and O–H groups in total. The van der Waals surface area contributed by atoms with Crippen LogP contribution in [0.2, 0.25) is 5.02 Å². The molecular formula is C23H24ClF3N4O3. The molecule has 0 saturated carbocycles. The third kappa shape index (κ3) is 4.92. The number of nitrogens with one attached hydrogen (secondary N) is 3. The van der Waals surface area contributed by atoms with Crippen LogP contribution in [0.3, 0.4) is 0 Å². The highest BCUT2D eigenvalue weighted by atomic mass is 35.5. The van der Waals surface area contributed by atoms with Gasteiger partial charge in [0.05, 0.1) is 28.4 Å². The smallest absolute Gasteiger partial charge is 0.387 e. The number of hydrogen-bond acceptors (Lipinski definition) is 5. The molecule has 0 aromatic heterocycles. The maximum atomic E-state index is 13.6. The van der Waals surface area contributed by atoms with Gasteiger partial charge in [0.25, 0.3) is 0 Å². The molecule has 2 aliphatic rings. The molecule has 0 radical (unpaired) electrons. The van der Waals surface area contributed by atoms with Crippen molar-refractivity contribution in [1.82, 2.24) is 10.2 Å². The second-order valence-corrected chi connectivity index (χ2v) is 8.78. The van der Waals surface area contributed by atoms with Crippen LogP contribution in [-0.4, -0.2) is 42.6 Å². The minimum Gasteiger partial charge on any atom is -0.432 e. The van der Waals surface area contributed by atoms with Gasteiger partial charge in [-0.15, -0.1) is 0 Å². The molecule has 7 nitrogen and oxygen atoms in total. The number of rotatable bonds is 6. The predicted molar refractivity (Wildman–Crippen MR) is 121 cm³/mol. The van der Waals surface area contributed by atoms with E-state index in [1.807, 2.05) is 0 Å². The Bertz CT molecular complexity index is 1080. The summed E-state index contributed by atoms with van der Waals surface area (Å²) in [6, 6.07) is 8.16. The number of hydrogen-bond donors (Lipinski definition) is 3. The zero-order chi connectivity index (χ0) is 24.5. The summed E-state index contributed by atoms with van der Waals surface area (Å²) in [5.74, 6) is -1.31. The van der Waals surface area contributed by atoms with Gasteiger partial charge in [0.2, 0.25) is 5.91 Å². The van der Waals surface area contributed by atoms with E-state index < -0.39 is 18.0 Å². The minimum absolute atomic E-state index is 0.00812. The number of halogens is 4. The third-order valence-corrected chi connectivity index (χ3v) is 6.39. The second-order valence-electron chi connectivity index (χ2n) is 8.40. The van der Waals surface area contributed by atoms with Crippen molar-refractivity contribution in [2.75, 3.05) is 18.5 Å². The molecule has 1 amide bonds. The van der Waals surface area contributed by atoms with Crippen LogP contribution in [0.15, 0.2) is 36.4 Å². The first kappa shape index (κ1) is 24.2. The highest BCUT2D eigenvalue weighted by Crippen LogP contribution is 2.40. The van der Waals surface area contributed by atoms with Gasteiger partial charge in [0.15, 0.2) is 11.7 Å². The van der Waals surface area contributed by atoms with Crippen molar-refractivity contribution in [3.63, 3.8) is 0 Å². The van der Waals surface area contributed by atoms with Gasteiger partial charge >= 0.3 is 6.61 Å². The predicted octanol–water partition coefficient (Wildman–Crippen LogP) is 4.97.